The molecule has 94 valence electrons. The first-order valence-electron chi connectivity index (χ1n) is 5.84. The Kier molecular flexibility index (Phi) is 3.42. The van der Waals surface area contributed by atoms with Crippen molar-refractivity contribution in [2.45, 2.75) is 38.6 Å². The van der Waals surface area contributed by atoms with Gasteiger partial charge in [0.2, 0.25) is 5.89 Å². The van der Waals surface area contributed by atoms with Crippen molar-refractivity contribution < 1.29 is 14.4 Å². The summed E-state index contributed by atoms with van der Waals surface area (Å²) in [6.07, 6.45) is 0.803. The second kappa shape index (κ2) is 4.83. The lowest BCUT2D eigenvalue weighted by atomic mass is 10.1. The van der Waals surface area contributed by atoms with Crippen molar-refractivity contribution in [1.29, 1.82) is 0 Å². The lowest BCUT2D eigenvalue weighted by Gasteiger charge is -2.19. The lowest BCUT2D eigenvalue weighted by Crippen LogP contribution is -2.28. The van der Waals surface area contributed by atoms with E-state index in [4.69, 9.17) is 9.63 Å². The van der Waals surface area contributed by atoms with E-state index < -0.39 is 5.97 Å². The van der Waals surface area contributed by atoms with Crippen molar-refractivity contribution in [1.82, 2.24) is 15.0 Å². The minimum atomic E-state index is -0.949. The van der Waals surface area contributed by atoms with Gasteiger partial charge in [0.1, 0.15) is 6.42 Å². The smallest absolute Gasteiger partial charge is 0.312 e. The summed E-state index contributed by atoms with van der Waals surface area (Å²) in [6.45, 7) is 6.28. The van der Waals surface area contributed by atoms with Crippen LogP contribution < -0.4 is 0 Å². The maximum Gasteiger partial charge on any atom is 0.312 e. The van der Waals surface area contributed by atoms with E-state index in [0.717, 1.165) is 19.5 Å². The predicted octanol–water partition coefficient (Wildman–Crippen LogP) is 0.894. The highest BCUT2D eigenvalue weighted by Crippen LogP contribution is 2.26. The fourth-order valence-electron chi connectivity index (χ4n) is 2.10. The summed E-state index contributed by atoms with van der Waals surface area (Å²) in [5, 5.41) is 12.5. The number of carboxylic acid groups (broad SMARTS) is 1. The van der Waals surface area contributed by atoms with Crippen LogP contribution in [0.25, 0.3) is 0 Å². The summed E-state index contributed by atoms with van der Waals surface area (Å²) in [5.41, 5.74) is 0. The standard InChI is InChI=1S/C11H17N3O3/c1-7(2)14-4-3-8(6-14)11-12-9(17-13-11)5-10(15)16/h7-8H,3-6H2,1-2H3,(H,15,16). The number of rotatable bonds is 4. The van der Waals surface area contributed by atoms with Gasteiger partial charge in [0.05, 0.1) is 0 Å². The second-order valence-electron chi connectivity index (χ2n) is 4.69. The van der Waals surface area contributed by atoms with Crippen molar-refractivity contribution in [2.75, 3.05) is 13.1 Å². The van der Waals surface area contributed by atoms with Crippen LogP contribution in [0, 0.1) is 0 Å². The number of likely N-dealkylation sites (tertiary alicyclic amines) is 1. The predicted molar refractivity (Wildman–Crippen MR) is 59.7 cm³/mol. The minimum Gasteiger partial charge on any atom is -0.481 e. The van der Waals surface area contributed by atoms with E-state index in [-0.39, 0.29) is 18.2 Å². The first-order valence-corrected chi connectivity index (χ1v) is 5.84. The summed E-state index contributed by atoms with van der Waals surface area (Å²) in [7, 11) is 0. The molecule has 6 heteroatoms. The van der Waals surface area contributed by atoms with Gasteiger partial charge in [-0.3, -0.25) is 4.79 Å². The average Bonchev–Trinajstić information content (AvgIpc) is 2.83. The summed E-state index contributed by atoms with van der Waals surface area (Å²) >= 11 is 0. The van der Waals surface area contributed by atoms with Crippen LogP contribution in [0.15, 0.2) is 4.52 Å². The molecule has 1 aromatic heterocycles. The van der Waals surface area contributed by atoms with E-state index in [1.165, 1.54) is 0 Å². The van der Waals surface area contributed by atoms with E-state index in [0.29, 0.717) is 11.9 Å². The Balaban J connectivity index is 1.99. The zero-order chi connectivity index (χ0) is 12.4. The molecule has 0 aliphatic carbocycles. The molecule has 0 bridgehead atoms. The molecule has 1 N–H and O–H groups in total. The Hall–Kier alpha value is -1.43. The first-order chi connectivity index (χ1) is 8.06. The van der Waals surface area contributed by atoms with Crippen LogP contribution in [0.2, 0.25) is 0 Å². The van der Waals surface area contributed by atoms with E-state index in [1.807, 2.05) is 0 Å². The highest BCUT2D eigenvalue weighted by Gasteiger charge is 2.29. The maximum atomic E-state index is 10.5. The Morgan fingerprint density at radius 1 is 1.65 bits per heavy atom. The van der Waals surface area contributed by atoms with Gasteiger partial charge in [0.15, 0.2) is 5.82 Å². The molecule has 1 atom stereocenters. The maximum absolute atomic E-state index is 10.5. The minimum absolute atomic E-state index is 0.190. The summed E-state index contributed by atoms with van der Waals surface area (Å²) in [5.74, 6) is 0.152. The van der Waals surface area contributed by atoms with Gasteiger partial charge < -0.3 is 14.5 Å². The molecule has 6 nitrogen and oxygen atoms in total. The van der Waals surface area contributed by atoms with Crippen molar-refractivity contribution in [3.8, 4) is 0 Å². The molecule has 0 radical (unpaired) electrons. The SMILES string of the molecule is CC(C)N1CCC(c2noc(CC(=O)O)n2)C1. The summed E-state index contributed by atoms with van der Waals surface area (Å²) < 4.78 is 4.92. The fourth-order valence-corrected chi connectivity index (χ4v) is 2.10. The summed E-state index contributed by atoms with van der Waals surface area (Å²) in [4.78, 5) is 17.0. The molecule has 0 amide bonds. The number of hydrogen-bond acceptors (Lipinski definition) is 5. The van der Waals surface area contributed by atoms with Crippen molar-refractivity contribution in [2.24, 2.45) is 0 Å². The number of nitrogens with zero attached hydrogens (tertiary/aromatic N) is 3. The van der Waals surface area contributed by atoms with Crippen LogP contribution in [-0.4, -0.2) is 45.2 Å². The quantitative estimate of drug-likeness (QED) is 0.840. The van der Waals surface area contributed by atoms with Gasteiger partial charge in [-0.15, -0.1) is 0 Å². The molecule has 2 heterocycles. The average molecular weight is 239 g/mol. The molecule has 0 spiro atoms. The molecule has 1 unspecified atom stereocenters. The number of aromatic nitrogens is 2. The second-order valence-corrected chi connectivity index (χ2v) is 4.69. The number of carboxylic acids is 1. The van der Waals surface area contributed by atoms with Crippen molar-refractivity contribution in [3.05, 3.63) is 11.7 Å². The molecule has 0 saturated carbocycles. The van der Waals surface area contributed by atoms with Gasteiger partial charge in [-0.25, -0.2) is 0 Å². The Labute approximate surface area is 99.6 Å². The van der Waals surface area contributed by atoms with Crippen LogP contribution in [-0.2, 0) is 11.2 Å². The molecule has 1 aliphatic rings. The molecule has 1 aliphatic heterocycles. The van der Waals surface area contributed by atoms with E-state index in [9.17, 15) is 4.79 Å². The molecule has 1 saturated heterocycles. The number of aliphatic carboxylic acids is 1. The Bertz CT molecular complexity index is 402. The van der Waals surface area contributed by atoms with E-state index in [2.05, 4.69) is 28.9 Å². The first kappa shape index (κ1) is 12.0. The molecule has 1 aromatic rings. The third-order valence-electron chi connectivity index (χ3n) is 3.10. The summed E-state index contributed by atoms with van der Waals surface area (Å²) in [6, 6.07) is 0.519. The van der Waals surface area contributed by atoms with Gasteiger partial charge in [-0.05, 0) is 26.8 Å². The van der Waals surface area contributed by atoms with Gasteiger partial charge >= 0.3 is 5.97 Å². The number of hydrogen-bond donors (Lipinski definition) is 1. The molecule has 17 heavy (non-hydrogen) atoms. The topological polar surface area (TPSA) is 79.5 Å². The van der Waals surface area contributed by atoms with Crippen LogP contribution in [0.1, 0.15) is 37.9 Å². The largest absolute Gasteiger partial charge is 0.481 e. The van der Waals surface area contributed by atoms with Crippen LogP contribution in [0.5, 0.6) is 0 Å². The zero-order valence-electron chi connectivity index (χ0n) is 10.1. The highest BCUT2D eigenvalue weighted by atomic mass is 16.5. The monoisotopic (exact) mass is 239 g/mol. The molecule has 2 rings (SSSR count). The Morgan fingerprint density at radius 2 is 2.41 bits per heavy atom. The van der Waals surface area contributed by atoms with E-state index in [1.54, 1.807) is 0 Å². The van der Waals surface area contributed by atoms with Crippen LogP contribution in [0.3, 0.4) is 0 Å². The highest BCUT2D eigenvalue weighted by molar-refractivity contribution is 5.68. The molecular weight excluding hydrogens is 222 g/mol. The Morgan fingerprint density at radius 3 is 3.00 bits per heavy atom. The van der Waals surface area contributed by atoms with Crippen LogP contribution >= 0.6 is 0 Å². The van der Waals surface area contributed by atoms with Crippen LogP contribution in [0.4, 0.5) is 0 Å². The molecule has 1 fully saturated rings. The van der Waals surface area contributed by atoms with Gasteiger partial charge in [0, 0.05) is 18.5 Å². The third kappa shape index (κ3) is 2.82. The van der Waals surface area contributed by atoms with Gasteiger partial charge in [-0.2, -0.15) is 4.98 Å². The lowest BCUT2D eigenvalue weighted by molar-refractivity contribution is -0.136. The van der Waals surface area contributed by atoms with Gasteiger partial charge in [-0.1, -0.05) is 5.16 Å². The fraction of sp³-hybridized carbons (Fsp3) is 0.727. The molecule has 0 aromatic carbocycles. The number of carbonyl (C=O) groups is 1. The van der Waals surface area contributed by atoms with Crippen molar-refractivity contribution in [3.63, 3.8) is 0 Å². The normalized spacial score (nSPS) is 21.2. The van der Waals surface area contributed by atoms with E-state index >= 15 is 0 Å². The third-order valence-corrected chi connectivity index (χ3v) is 3.10. The van der Waals surface area contributed by atoms with Gasteiger partial charge in [0.25, 0.3) is 0 Å². The molecular formula is C11H17N3O3. The zero-order valence-corrected chi connectivity index (χ0v) is 10.1. The van der Waals surface area contributed by atoms with Crippen molar-refractivity contribution >= 4 is 5.97 Å².